The lowest BCUT2D eigenvalue weighted by Crippen LogP contribution is -2.22. The first kappa shape index (κ1) is 14.6. The summed E-state index contributed by atoms with van der Waals surface area (Å²) in [6.45, 7) is -0.347. The summed E-state index contributed by atoms with van der Waals surface area (Å²) in [6.07, 6.45) is -1.11. The summed E-state index contributed by atoms with van der Waals surface area (Å²) in [5, 5.41) is 19.8. The van der Waals surface area contributed by atoms with E-state index in [0.717, 1.165) is 0 Å². The monoisotopic (exact) mass is 283 g/mol. The van der Waals surface area contributed by atoms with Crippen LogP contribution in [0.15, 0.2) is 6.07 Å². The Labute approximate surface area is 105 Å². The summed E-state index contributed by atoms with van der Waals surface area (Å²) in [5.74, 6) is -6.43. The Kier molecular flexibility index (Phi) is 4.80. The number of carboxylic acid groups (broad SMARTS) is 1. The zero-order valence-corrected chi connectivity index (χ0v) is 9.64. The van der Waals surface area contributed by atoms with Gasteiger partial charge in [-0.25, -0.2) is 18.0 Å². The number of benzene rings is 1. The second kappa shape index (κ2) is 5.92. The SMILES string of the molecule is O=C(O)c1cc(F)c(F)c(NCC(O)CCl)c1F. The van der Waals surface area contributed by atoms with Crippen molar-refractivity contribution in [1.29, 1.82) is 0 Å². The summed E-state index contributed by atoms with van der Waals surface area (Å²) in [7, 11) is 0. The standard InChI is InChI=1S/C10H9ClF3NO3/c11-2-4(16)3-15-9-7(13)5(10(17)18)1-6(12)8(9)14/h1,4,15-16H,2-3H2,(H,17,18). The Morgan fingerprint density at radius 1 is 1.39 bits per heavy atom. The van der Waals surface area contributed by atoms with Gasteiger partial charge in [-0.2, -0.15) is 0 Å². The quantitative estimate of drug-likeness (QED) is 0.569. The number of aliphatic hydroxyl groups is 1. The van der Waals surface area contributed by atoms with Gasteiger partial charge in [0.15, 0.2) is 17.5 Å². The molecular weight excluding hydrogens is 275 g/mol. The Bertz CT molecular complexity index is 470. The van der Waals surface area contributed by atoms with Gasteiger partial charge in [0, 0.05) is 6.54 Å². The summed E-state index contributed by atoms with van der Waals surface area (Å²) in [5.41, 5.74) is -1.95. The van der Waals surface area contributed by atoms with Crippen LogP contribution in [0.1, 0.15) is 10.4 Å². The molecule has 0 saturated heterocycles. The normalized spacial score (nSPS) is 12.3. The fraction of sp³-hybridized carbons (Fsp3) is 0.300. The van der Waals surface area contributed by atoms with Crippen LogP contribution < -0.4 is 5.32 Å². The molecule has 1 unspecified atom stereocenters. The van der Waals surface area contributed by atoms with Gasteiger partial charge in [-0.1, -0.05) is 0 Å². The number of rotatable bonds is 5. The first-order valence-corrected chi connectivity index (χ1v) is 5.30. The summed E-state index contributed by atoms with van der Waals surface area (Å²) < 4.78 is 39.9. The van der Waals surface area contributed by atoms with E-state index in [2.05, 4.69) is 5.32 Å². The van der Waals surface area contributed by atoms with Crippen molar-refractivity contribution in [1.82, 2.24) is 0 Å². The lowest BCUT2D eigenvalue weighted by Gasteiger charge is -2.13. The lowest BCUT2D eigenvalue weighted by atomic mass is 10.1. The maximum Gasteiger partial charge on any atom is 0.338 e. The van der Waals surface area contributed by atoms with E-state index in [1.807, 2.05) is 0 Å². The van der Waals surface area contributed by atoms with Crippen molar-refractivity contribution >= 4 is 23.3 Å². The van der Waals surface area contributed by atoms with Gasteiger partial charge in [0.05, 0.1) is 12.0 Å². The Balaban J connectivity index is 3.13. The first-order chi connectivity index (χ1) is 8.38. The highest BCUT2D eigenvalue weighted by Gasteiger charge is 2.22. The van der Waals surface area contributed by atoms with Crippen LogP contribution in [0.25, 0.3) is 0 Å². The first-order valence-electron chi connectivity index (χ1n) is 4.77. The van der Waals surface area contributed by atoms with Crippen molar-refractivity contribution in [2.45, 2.75) is 6.10 Å². The highest BCUT2D eigenvalue weighted by atomic mass is 35.5. The van der Waals surface area contributed by atoms with Crippen molar-refractivity contribution in [2.24, 2.45) is 0 Å². The third-order valence-corrected chi connectivity index (χ3v) is 2.44. The van der Waals surface area contributed by atoms with E-state index in [-0.39, 0.29) is 18.5 Å². The predicted molar refractivity (Wildman–Crippen MR) is 58.5 cm³/mol. The van der Waals surface area contributed by atoms with Crippen LogP contribution in [0, 0.1) is 17.5 Å². The molecule has 0 saturated carbocycles. The minimum absolute atomic E-state index is 0.197. The minimum atomic E-state index is -1.73. The van der Waals surface area contributed by atoms with E-state index < -0.39 is 40.8 Å². The molecule has 1 aromatic carbocycles. The summed E-state index contributed by atoms with van der Waals surface area (Å²) >= 11 is 5.27. The van der Waals surface area contributed by atoms with E-state index in [1.54, 1.807) is 0 Å². The van der Waals surface area contributed by atoms with Crippen LogP contribution in [0.5, 0.6) is 0 Å². The Hall–Kier alpha value is -1.47. The second-order valence-corrected chi connectivity index (χ2v) is 3.71. The minimum Gasteiger partial charge on any atom is -0.478 e. The molecular formula is C10H9ClF3NO3. The molecule has 0 aliphatic heterocycles. The van der Waals surface area contributed by atoms with E-state index in [0.29, 0.717) is 0 Å². The number of carboxylic acids is 1. The van der Waals surface area contributed by atoms with Crippen LogP contribution in [-0.4, -0.2) is 34.7 Å². The molecule has 1 atom stereocenters. The number of anilines is 1. The molecule has 0 aliphatic carbocycles. The highest BCUT2D eigenvalue weighted by Crippen LogP contribution is 2.25. The average Bonchev–Trinajstić information content (AvgIpc) is 2.32. The molecule has 0 heterocycles. The second-order valence-electron chi connectivity index (χ2n) is 3.40. The van der Waals surface area contributed by atoms with Crippen molar-refractivity contribution in [3.05, 3.63) is 29.1 Å². The van der Waals surface area contributed by atoms with Gasteiger partial charge >= 0.3 is 5.97 Å². The van der Waals surface area contributed by atoms with E-state index in [9.17, 15) is 18.0 Å². The van der Waals surface area contributed by atoms with Crippen molar-refractivity contribution in [3.8, 4) is 0 Å². The zero-order valence-electron chi connectivity index (χ0n) is 8.88. The molecule has 1 rings (SSSR count). The topological polar surface area (TPSA) is 69.6 Å². The van der Waals surface area contributed by atoms with Gasteiger partial charge in [-0.05, 0) is 6.07 Å². The number of alkyl halides is 1. The molecule has 0 aromatic heterocycles. The molecule has 0 spiro atoms. The summed E-state index contributed by atoms with van der Waals surface area (Å²) in [6, 6.07) is 0.246. The molecule has 0 amide bonds. The number of carbonyl (C=O) groups is 1. The third-order valence-electron chi connectivity index (χ3n) is 2.08. The highest BCUT2D eigenvalue weighted by molar-refractivity contribution is 6.18. The number of halogens is 4. The van der Waals surface area contributed by atoms with Crippen molar-refractivity contribution in [3.63, 3.8) is 0 Å². The molecule has 3 N–H and O–H groups in total. The maximum absolute atomic E-state index is 13.6. The third kappa shape index (κ3) is 3.05. The maximum atomic E-state index is 13.6. The van der Waals surface area contributed by atoms with E-state index in [1.165, 1.54) is 0 Å². The number of nitrogens with one attached hydrogen (secondary N) is 1. The van der Waals surface area contributed by atoms with Gasteiger partial charge in [-0.15, -0.1) is 11.6 Å². The molecule has 1 aromatic rings. The van der Waals surface area contributed by atoms with Crippen LogP contribution in [-0.2, 0) is 0 Å². The van der Waals surface area contributed by atoms with Gasteiger partial charge in [0.25, 0.3) is 0 Å². The molecule has 8 heteroatoms. The molecule has 18 heavy (non-hydrogen) atoms. The number of hydrogen-bond acceptors (Lipinski definition) is 3. The molecule has 0 radical (unpaired) electrons. The van der Waals surface area contributed by atoms with Gasteiger partial charge in [-0.3, -0.25) is 0 Å². The Morgan fingerprint density at radius 3 is 2.50 bits per heavy atom. The van der Waals surface area contributed by atoms with Crippen molar-refractivity contribution < 1.29 is 28.2 Å². The summed E-state index contributed by atoms with van der Waals surface area (Å²) in [4.78, 5) is 10.6. The molecule has 0 fully saturated rings. The average molecular weight is 284 g/mol. The van der Waals surface area contributed by atoms with E-state index in [4.69, 9.17) is 21.8 Å². The van der Waals surface area contributed by atoms with Gasteiger partial charge < -0.3 is 15.5 Å². The molecule has 0 aliphatic rings. The number of aromatic carboxylic acids is 1. The smallest absolute Gasteiger partial charge is 0.338 e. The molecule has 4 nitrogen and oxygen atoms in total. The van der Waals surface area contributed by atoms with Crippen LogP contribution in [0.2, 0.25) is 0 Å². The predicted octanol–water partition coefficient (Wildman–Crippen LogP) is 1.81. The zero-order chi connectivity index (χ0) is 13.9. The lowest BCUT2D eigenvalue weighted by molar-refractivity contribution is 0.0691. The van der Waals surface area contributed by atoms with Crippen LogP contribution in [0.4, 0.5) is 18.9 Å². The van der Waals surface area contributed by atoms with Crippen molar-refractivity contribution in [2.75, 3.05) is 17.7 Å². The van der Waals surface area contributed by atoms with Crippen LogP contribution in [0.3, 0.4) is 0 Å². The van der Waals surface area contributed by atoms with Crippen LogP contribution >= 0.6 is 11.6 Å². The molecule has 0 bridgehead atoms. The van der Waals surface area contributed by atoms with E-state index >= 15 is 0 Å². The number of hydrogen-bond donors (Lipinski definition) is 3. The largest absolute Gasteiger partial charge is 0.478 e. The number of aliphatic hydroxyl groups excluding tert-OH is 1. The fourth-order valence-corrected chi connectivity index (χ4v) is 1.30. The fourth-order valence-electron chi connectivity index (χ4n) is 1.19. The molecule has 100 valence electrons. The van der Waals surface area contributed by atoms with Gasteiger partial charge in [0.1, 0.15) is 11.3 Å². The Morgan fingerprint density at radius 2 is 2.00 bits per heavy atom. The van der Waals surface area contributed by atoms with Gasteiger partial charge in [0.2, 0.25) is 0 Å².